The monoisotopic (exact) mass is 514 g/mol. The standard InChI is InChI=1S/C31H34N2O5/c1-5-32(6-2)23-12-14-24(15-13-23)33-28(22-8-7-9-25(34)18-22)27(30(36)31(33)37)29(35)21-10-16-26(17-11-21)38-19-20(3)4/h7-18,20,28,34-35H,5-6,19H2,1-4H3/b29-27-. The van der Waals surface area contributed by atoms with Crippen molar-refractivity contribution in [3.05, 3.63) is 89.5 Å². The molecule has 38 heavy (non-hydrogen) atoms. The van der Waals surface area contributed by atoms with E-state index in [1.807, 2.05) is 12.1 Å². The minimum absolute atomic E-state index is 0.00313. The molecule has 1 unspecified atom stereocenters. The normalized spacial score (nSPS) is 16.8. The van der Waals surface area contributed by atoms with E-state index in [-0.39, 0.29) is 17.1 Å². The summed E-state index contributed by atoms with van der Waals surface area (Å²) in [6.07, 6.45) is 0. The van der Waals surface area contributed by atoms with Crippen molar-refractivity contribution in [1.82, 2.24) is 0 Å². The van der Waals surface area contributed by atoms with Crippen molar-refractivity contribution >= 4 is 28.8 Å². The summed E-state index contributed by atoms with van der Waals surface area (Å²) in [5, 5.41) is 21.5. The number of hydrogen-bond acceptors (Lipinski definition) is 6. The van der Waals surface area contributed by atoms with E-state index in [1.165, 1.54) is 17.0 Å². The molecule has 1 heterocycles. The molecule has 1 atom stereocenters. The van der Waals surface area contributed by atoms with Gasteiger partial charge in [0.15, 0.2) is 0 Å². The average molecular weight is 515 g/mol. The Labute approximate surface area is 223 Å². The van der Waals surface area contributed by atoms with E-state index in [0.29, 0.717) is 35.1 Å². The maximum absolute atomic E-state index is 13.4. The third kappa shape index (κ3) is 5.37. The second kappa shape index (κ2) is 11.4. The minimum atomic E-state index is -0.918. The van der Waals surface area contributed by atoms with Crippen molar-refractivity contribution in [2.24, 2.45) is 5.92 Å². The van der Waals surface area contributed by atoms with Gasteiger partial charge in [-0.05, 0) is 86.0 Å². The zero-order chi connectivity index (χ0) is 27.4. The molecule has 3 aromatic rings. The van der Waals surface area contributed by atoms with Gasteiger partial charge in [0, 0.05) is 30.0 Å². The number of rotatable bonds is 9. The Morgan fingerprint density at radius 3 is 2.21 bits per heavy atom. The van der Waals surface area contributed by atoms with E-state index in [1.54, 1.807) is 48.5 Å². The lowest BCUT2D eigenvalue weighted by Gasteiger charge is -2.27. The van der Waals surface area contributed by atoms with Crippen LogP contribution in [0.3, 0.4) is 0 Å². The molecule has 1 aliphatic rings. The average Bonchev–Trinajstić information content (AvgIpc) is 3.18. The largest absolute Gasteiger partial charge is 0.508 e. The fraction of sp³-hybridized carbons (Fsp3) is 0.290. The molecule has 0 bridgehead atoms. The van der Waals surface area contributed by atoms with Gasteiger partial charge >= 0.3 is 0 Å². The number of ether oxygens (including phenoxy) is 1. The topological polar surface area (TPSA) is 90.3 Å². The maximum atomic E-state index is 13.4. The molecule has 1 saturated heterocycles. The second-order valence-corrected chi connectivity index (χ2v) is 9.68. The fourth-order valence-corrected chi connectivity index (χ4v) is 4.65. The first-order valence-electron chi connectivity index (χ1n) is 12.9. The van der Waals surface area contributed by atoms with Crippen LogP contribution in [-0.4, -0.2) is 41.6 Å². The number of amides is 1. The van der Waals surface area contributed by atoms with E-state index in [4.69, 9.17) is 4.74 Å². The summed E-state index contributed by atoms with van der Waals surface area (Å²) in [5.74, 6) is -0.807. The number of benzene rings is 3. The van der Waals surface area contributed by atoms with Crippen molar-refractivity contribution < 1.29 is 24.5 Å². The van der Waals surface area contributed by atoms with Gasteiger partial charge in [-0.3, -0.25) is 14.5 Å². The lowest BCUT2D eigenvalue weighted by atomic mass is 9.95. The van der Waals surface area contributed by atoms with Gasteiger partial charge in [0.1, 0.15) is 17.3 Å². The zero-order valence-electron chi connectivity index (χ0n) is 22.2. The van der Waals surface area contributed by atoms with Gasteiger partial charge in [-0.25, -0.2) is 0 Å². The number of carbonyl (C=O) groups is 2. The summed E-state index contributed by atoms with van der Waals surface area (Å²) in [4.78, 5) is 30.3. The molecule has 1 amide bonds. The quantitative estimate of drug-likeness (QED) is 0.210. The van der Waals surface area contributed by atoms with Crippen LogP contribution in [0.25, 0.3) is 5.76 Å². The molecule has 0 aliphatic carbocycles. The van der Waals surface area contributed by atoms with Crippen molar-refractivity contribution in [3.8, 4) is 11.5 Å². The highest BCUT2D eigenvalue weighted by Gasteiger charge is 2.47. The molecule has 7 heteroatoms. The van der Waals surface area contributed by atoms with Crippen molar-refractivity contribution in [3.63, 3.8) is 0 Å². The van der Waals surface area contributed by atoms with Gasteiger partial charge in [-0.2, -0.15) is 0 Å². The van der Waals surface area contributed by atoms with Crippen LogP contribution in [-0.2, 0) is 9.59 Å². The number of phenols is 1. The van der Waals surface area contributed by atoms with Crippen molar-refractivity contribution in [2.45, 2.75) is 33.7 Å². The Morgan fingerprint density at radius 1 is 0.974 bits per heavy atom. The predicted molar refractivity (Wildman–Crippen MR) is 150 cm³/mol. The zero-order valence-corrected chi connectivity index (χ0v) is 22.2. The maximum Gasteiger partial charge on any atom is 0.300 e. The Kier molecular flexibility index (Phi) is 8.05. The number of anilines is 2. The molecular weight excluding hydrogens is 480 g/mol. The third-order valence-electron chi connectivity index (χ3n) is 6.60. The van der Waals surface area contributed by atoms with Crippen LogP contribution in [0.5, 0.6) is 11.5 Å². The predicted octanol–water partition coefficient (Wildman–Crippen LogP) is 5.90. The van der Waals surface area contributed by atoms with E-state index >= 15 is 0 Å². The summed E-state index contributed by atoms with van der Waals surface area (Å²) < 4.78 is 5.73. The first kappa shape index (κ1) is 26.8. The first-order chi connectivity index (χ1) is 18.2. The Balaban J connectivity index is 1.79. The van der Waals surface area contributed by atoms with Crippen LogP contribution >= 0.6 is 0 Å². The Bertz CT molecular complexity index is 1330. The van der Waals surface area contributed by atoms with Gasteiger partial charge < -0.3 is 19.8 Å². The smallest absolute Gasteiger partial charge is 0.300 e. The van der Waals surface area contributed by atoms with Crippen LogP contribution in [0.4, 0.5) is 11.4 Å². The number of carbonyl (C=O) groups excluding carboxylic acids is 2. The second-order valence-electron chi connectivity index (χ2n) is 9.68. The van der Waals surface area contributed by atoms with Gasteiger partial charge in [0.2, 0.25) is 0 Å². The molecule has 0 radical (unpaired) electrons. The number of ketones is 1. The summed E-state index contributed by atoms with van der Waals surface area (Å²) in [7, 11) is 0. The van der Waals surface area contributed by atoms with Crippen LogP contribution in [0.1, 0.15) is 44.9 Å². The molecule has 0 spiro atoms. The van der Waals surface area contributed by atoms with Gasteiger partial charge in [0.25, 0.3) is 11.7 Å². The van der Waals surface area contributed by atoms with Crippen molar-refractivity contribution in [2.75, 3.05) is 29.5 Å². The molecule has 0 aromatic heterocycles. The van der Waals surface area contributed by atoms with Crippen LogP contribution in [0.2, 0.25) is 0 Å². The highest BCUT2D eigenvalue weighted by molar-refractivity contribution is 6.51. The Hall–Kier alpha value is -4.26. The third-order valence-corrected chi connectivity index (χ3v) is 6.60. The highest BCUT2D eigenvalue weighted by atomic mass is 16.5. The number of Topliss-reactive ketones (excluding diaryl/α,β-unsaturated/α-hetero) is 1. The molecule has 7 nitrogen and oxygen atoms in total. The van der Waals surface area contributed by atoms with Gasteiger partial charge in [-0.15, -0.1) is 0 Å². The highest BCUT2D eigenvalue weighted by Crippen LogP contribution is 2.43. The minimum Gasteiger partial charge on any atom is -0.508 e. The van der Waals surface area contributed by atoms with E-state index < -0.39 is 17.7 Å². The lowest BCUT2D eigenvalue weighted by Crippen LogP contribution is -2.29. The number of nitrogens with zero attached hydrogens (tertiary/aromatic N) is 2. The van der Waals surface area contributed by atoms with E-state index in [2.05, 4.69) is 32.6 Å². The van der Waals surface area contributed by atoms with Crippen LogP contribution < -0.4 is 14.5 Å². The molecule has 0 saturated carbocycles. The SMILES string of the molecule is CCN(CC)c1ccc(N2C(=O)C(=O)/C(=C(\O)c3ccc(OCC(C)C)cc3)C2c2cccc(O)c2)cc1. The fourth-order valence-electron chi connectivity index (χ4n) is 4.65. The molecule has 3 aromatic carbocycles. The molecule has 198 valence electrons. The van der Waals surface area contributed by atoms with E-state index in [0.717, 1.165) is 18.8 Å². The van der Waals surface area contributed by atoms with Gasteiger partial charge in [0.05, 0.1) is 18.2 Å². The lowest BCUT2D eigenvalue weighted by molar-refractivity contribution is -0.132. The number of aliphatic hydroxyl groups excluding tert-OH is 1. The number of aromatic hydroxyl groups is 1. The number of aliphatic hydroxyl groups is 1. The molecule has 4 rings (SSSR count). The van der Waals surface area contributed by atoms with E-state index in [9.17, 15) is 19.8 Å². The molecule has 2 N–H and O–H groups in total. The number of phenolic OH excluding ortho intramolecular Hbond substituents is 1. The summed E-state index contributed by atoms with van der Waals surface area (Å²) in [6, 6.07) is 19.7. The van der Waals surface area contributed by atoms with Crippen LogP contribution in [0.15, 0.2) is 78.4 Å². The molecule has 1 aliphatic heterocycles. The summed E-state index contributed by atoms with van der Waals surface area (Å²) in [6.45, 7) is 10.5. The Morgan fingerprint density at radius 2 is 1.63 bits per heavy atom. The molecular formula is C31H34N2O5. The van der Waals surface area contributed by atoms with Crippen molar-refractivity contribution in [1.29, 1.82) is 0 Å². The molecule has 1 fully saturated rings. The number of hydrogen-bond donors (Lipinski definition) is 2. The van der Waals surface area contributed by atoms with Crippen LogP contribution in [0, 0.1) is 5.92 Å². The summed E-state index contributed by atoms with van der Waals surface area (Å²) in [5.41, 5.74) is 2.39. The summed E-state index contributed by atoms with van der Waals surface area (Å²) >= 11 is 0. The van der Waals surface area contributed by atoms with Gasteiger partial charge in [-0.1, -0.05) is 26.0 Å². The first-order valence-corrected chi connectivity index (χ1v) is 12.9.